The summed E-state index contributed by atoms with van der Waals surface area (Å²) in [6.45, 7) is 2.43. The summed E-state index contributed by atoms with van der Waals surface area (Å²) >= 11 is 0. The lowest BCUT2D eigenvalue weighted by Crippen LogP contribution is -2.38. The molecule has 1 aromatic rings. The van der Waals surface area contributed by atoms with Crippen LogP contribution in [0, 0.1) is 0 Å². The summed E-state index contributed by atoms with van der Waals surface area (Å²) in [5.41, 5.74) is -1.23. The molecule has 0 atom stereocenters. The quantitative estimate of drug-likeness (QED) is 0.712. The van der Waals surface area contributed by atoms with Crippen LogP contribution in [0.2, 0.25) is 0 Å². The second kappa shape index (κ2) is 9.27. The topological polar surface area (TPSA) is 61.4 Å². The van der Waals surface area contributed by atoms with E-state index in [1.807, 2.05) is 0 Å². The number of carbonyl (C=O) groups excluding carboxylic acids is 2. The predicted octanol–water partition coefficient (Wildman–Crippen LogP) is 2.49. The number of halogens is 3. The normalized spacial score (nSPS) is 11.2. The Balaban J connectivity index is 2.70. The average Bonchev–Trinajstić information content (AvgIpc) is 2.52. The second-order valence-electron chi connectivity index (χ2n) is 5.21. The lowest BCUT2D eigenvalue weighted by Gasteiger charge is -2.21. The molecule has 134 valence electrons. The molecule has 0 heterocycles. The van der Waals surface area contributed by atoms with Gasteiger partial charge in [0.25, 0.3) is 0 Å². The first-order valence-corrected chi connectivity index (χ1v) is 7.68. The first kappa shape index (κ1) is 20.0. The van der Waals surface area contributed by atoms with Gasteiger partial charge in [0.15, 0.2) is 0 Å². The van der Waals surface area contributed by atoms with E-state index in [1.54, 1.807) is 14.0 Å². The van der Waals surface area contributed by atoms with Crippen LogP contribution in [-0.2, 0) is 15.8 Å². The molecule has 24 heavy (non-hydrogen) atoms. The lowest BCUT2D eigenvalue weighted by atomic mass is 10.1. The number of likely N-dealkylation sites (N-methyl/N-ethyl adjacent to an activating group) is 1. The van der Waals surface area contributed by atoms with Gasteiger partial charge in [-0.3, -0.25) is 9.59 Å². The molecule has 0 aliphatic heterocycles. The highest BCUT2D eigenvalue weighted by atomic mass is 19.4. The first-order valence-electron chi connectivity index (χ1n) is 7.68. The van der Waals surface area contributed by atoms with E-state index >= 15 is 0 Å². The van der Waals surface area contributed by atoms with E-state index in [4.69, 9.17) is 0 Å². The van der Waals surface area contributed by atoms with Gasteiger partial charge in [-0.1, -0.05) is 12.1 Å². The largest absolute Gasteiger partial charge is 0.418 e. The van der Waals surface area contributed by atoms with E-state index in [-0.39, 0.29) is 24.6 Å². The van der Waals surface area contributed by atoms with Crippen LogP contribution in [0.1, 0.15) is 25.3 Å². The third-order valence-corrected chi connectivity index (χ3v) is 3.39. The number of carbonyl (C=O) groups is 2. The Kier molecular flexibility index (Phi) is 7.70. The Hall–Kier alpha value is -2.09. The first-order chi connectivity index (χ1) is 11.3. The van der Waals surface area contributed by atoms with Crippen molar-refractivity contribution in [1.29, 1.82) is 0 Å². The molecule has 5 nitrogen and oxygen atoms in total. The van der Waals surface area contributed by atoms with E-state index in [1.165, 1.54) is 23.1 Å². The molecular formula is C16H22F3N3O2. The number of para-hydroxylation sites is 1. The minimum Gasteiger partial charge on any atom is -0.334 e. The highest BCUT2D eigenvalue weighted by Gasteiger charge is 2.33. The molecule has 0 aliphatic rings. The Morgan fingerprint density at radius 3 is 2.46 bits per heavy atom. The molecule has 1 rings (SSSR count). The summed E-state index contributed by atoms with van der Waals surface area (Å²) in [6, 6.07) is 4.75. The van der Waals surface area contributed by atoms with Gasteiger partial charge < -0.3 is 15.5 Å². The van der Waals surface area contributed by atoms with Crippen LogP contribution < -0.4 is 10.6 Å². The molecule has 0 saturated carbocycles. The highest BCUT2D eigenvalue weighted by molar-refractivity contribution is 5.95. The molecule has 0 radical (unpaired) electrons. The Morgan fingerprint density at radius 1 is 1.21 bits per heavy atom. The van der Waals surface area contributed by atoms with Gasteiger partial charge in [0.05, 0.1) is 17.8 Å². The molecule has 8 heteroatoms. The Morgan fingerprint density at radius 2 is 1.88 bits per heavy atom. The van der Waals surface area contributed by atoms with E-state index in [9.17, 15) is 22.8 Å². The summed E-state index contributed by atoms with van der Waals surface area (Å²) in [7, 11) is 1.77. The van der Waals surface area contributed by atoms with Crippen molar-refractivity contribution in [3.8, 4) is 0 Å². The average molecular weight is 345 g/mol. The molecule has 0 aromatic heterocycles. The molecule has 0 saturated heterocycles. The van der Waals surface area contributed by atoms with Crippen molar-refractivity contribution in [2.24, 2.45) is 0 Å². The lowest BCUT2D eigenvalue weighted by molar-refractivity contribution is -0.137. The molecule has 2 N–H and O–H groups in total. The third-order valence-electron chi connectivity index (χ3n) is 3.39. The highest BCUT2D eigenvalue weighted by Crippen LogP contribution is 2.34. The van der Waals surface area contributed by atoms with E-state index in [2.05, 4.69) is 10.6 Å². The van der Waals surface area contributed by atoms with Gasteiger partial charge in [0, 0.05) is 13.0 Å². The third kappa shape index (κ3) is 6.19. The van der Waals surface area contributed by atoms with Crippen LogP contribution in [-0.4, -0.2) is 43.4 Å². The van der Waals surface area contributed by atoms with E-state index < -0.39 is 17.6 Å². The zero-order valence-corrected chi connectivity index (χ0v) is 13.7. The van der Waals surface area contributed by atoms with Crippen molar-refractivity contribution < 1.29 is 22.8 Å². The van der Waals surface area contributed by atoms with E-state index in [0.717, 1.165) is 6.07 Å². The summed E-state index contributed by atoms with van der Waals surface area (Å²) < 4.78 is 38.7. The van der Waals surface area contributed by atoms with Gasteiger partial charge in [-0.05, 0) is 39.1 Å². The van der Waals surface area contributed by atoms with Crippen molar-refractivity contribution in [2.45, 2.75) is 25.9 Å². The fourth-order valence-corrected chi connectivity index (χ4v) is 2.15. The minimum absolute atomic E-state index is 0.202. The van der Waals surface area contributed by atoms with Gasteiger partial charge in [-0.2, -0.15) is 13.2 Å². The zero-order chi connectivity index (χ0) is 18.2. The number of alkyl halides is 3. The van der Waals surface area contributed by atoms with Crippen molar-refractivity contribution in [2.75, 3.05) is 32.0 Å². The van der Waals surface area contributed by atoms with Gasteiger partial charge >= 0.3 is 6.18 Å². The molecule has 1 aromatic carbocycles. The fraction of sp³-hybridized carbons (Fsp3) is 0.500. The van der Waals surface area contributed by atoms with Gasteiger partial charge in [-0.15, -0.1) is 0 Å². The molecule has 0 unspecified atom stereocenters. The van der Waals surface area contributed by atoms with Crippen LogP contribution in [0.25, 0.3) is 0 Å². The number of rotatable bonds is 8. The van der Waals surface area contributed by atoms with Crippen molar-refractivity contribution in [3.63, 3.8) is 0 Å². The van der Waals surface area contributed by atoms with E-state index in [0.29, 0.717) is 19.5 Å². The number of nitrogens with one attached hydrogen (secondary N) is 2. The van der Waals surface area contributed by atoms with Gasteiger partial charge in [-0.25, -0.2) is 0 Å². The molecule has 2 amide bonds. The monoisotopic (exact) mass is 345 g/mol. The standard InChI is InChI=1S/C16H22F3N3O2/c1-3-22(15(24)9-6-10-20-2)11-14(23)21-13-8-5-4-7-12(13)16(17,18)19/h4-5,7-8,20H,3,6,9-11H2,1-2H3,(H,21,23). The number of hydrogen-bond acceptors (Lipinski definition) is 3. The number of hydrogen-bond donors (Lipinski definition) is 2. The minimum atomic E-state index is -4.56. The number of nitrogens with zero attached hydrogens (tertiary/aromatic N) is 1. The molecule has 0 spiro atoms. The zero-order valence-electron chi connectivity index (χ0n) is 13.7. The van der Waals surface area contributed by atoms with Crippen LogP contribution in [0.3, 0.4) is 0 Å². The summed E-state index contributed by atoms with van der Waals surface area (Å²) in [5, 5.41) is 5.16. The predicted molar refractivity (Wildman–Crippen MR) is 85.5 cm³/mol. The Labute approximate surface area is 139 Å². The van der Waals surface area contributed by atoms with Crippen molar-refractivity contribution in [1.82, 2.24) is 10.2 Å². The fourth-order valence-electron chi connectivity index (χ4n) is 2.15. The molecular weight excluding hydrogens is 323 g/mol. The van der Waals surface area contributed by atoms with Crippen LogP contribution in [0.5, 0.6) is 0 Å². The van der Waals surface area contributed by atoms with Crippen molar-refractivity contribution >= 4 is 17.5 Å². The number of amides is 2. The van der Waals surface area contributed by atoms with Gasteiger partial charge in [0.2, 0.25) is 11.8 Å². The van der Waals surface area contributed by atoms with Gasteiger partial charge in [0.1, 0.15) is 0 Å². The SMILES string of the molecule is CCN(CC(=O)Nc1ccccc1C(F)(F)F)C(=O)CCCNC. The van der Waals surface area contributed by atoms with Crippen LogP contribution in [0.4, 0.5) is 18.9 Å². The molecule has 0 bridgehead atoms. The second-order valence-corrected chi connectivity index (χ2v) is 5.21. The summed E-state index contributed by atoms with van der Waals surface area (Å²) in [4.78, 5) is 25.3. The summed E-state index contributed by atoms with van der Waals surface area (Å²) in [5.74, 6) is -0.859. The maximum Gasteiger partial charge on any atom is 0.418 e. The molecule has 0 aliphatic carbocycles. The Bertz CT molecular complexity index is 562. The maximum atomic E-state index is 12.9. The number of anilines is 1. The molecule has 0 fully saturated rings. The van der Waals surface area contributed by atoms with Crippen LogP contribution in [0.15, 0.2) is 24.3 Å². The summed E-state index contributed by atoms with van der Waals surface area (Å²) in [6.07, 6.45) is -3.65. The number of benzene rings is 1. The van der Waals surface area contributed by atoms with Crippen molar-refractivity contribution in [3.05, 3.63) is 29.8 Å². The van der Waals surface area contributed by atoms with Crippen LogP contribution >= 0.6 is 0 Å². The maximum absolute atomic E-state index is 12.9. The smallest absolute Gasteiger partial charge is 0.334 e.